The van der Waals surface area contributed by atoms with Crippen molar-refractivity contribution in [1.82, 2.24) is 9.80 Å². The number of carbonyl (C=O) groups excluding carboxylic acids is 1. The summed E-state index contributed by atoms with van der Waals surface area (Å²) in [5.41, 5.74) is 8.05. The first-order chi connectivity index (χ1) is 13.0. The molecule has 1 fully saturated rings. The van der Waals surface area contributed by atoms with E-state index in [2.05, 4.69) is 58.6 Å². The summed E-state index contributed by atoms with van der Waals surface area (Å²) in [6.45, 7) is 18.4. The fourth-order valence-corrected chi connectivity index (χ4v) is 3.48. The average Bonchev–Trinajstić information content (AvgIpc) is 2.63. The Morgan fingerprint density at radius 2 is 1.68 bits per heavy atom. The van der Waals surface area contributed by atoms with Crippen molar-refractivity contribution in [2.45, 2.75) is 58.8 Å². The maximum atomic E-state index is 12.6. The number of benzene rings is 1. The number of piperazine rings is 1. The second kappa shape index (κ2) is 9.27. The monoisotopic (exact) mass is 389 g/mol. The molecule has 5 heteroatoms. The lowest BCUT2D eigenvalue weighted by molar-refractivity contribution is -0.135. The zero-order chi connectivity index (χ0) is 20.9. The molecule has 0 spiro atoms. The second-order valence-corrected chi connectivity index (χ2v) is 9.86. The Bertz CT molecular complexity index is 651. The van der Waals surface area contributed by atoms with E-state index in [9.17, 15) is 4.79 Å². The Labute approximate surface area is 171 Å². The number of hydrogen-bond acceptors (Lipinski definition) is 4. The lowest BCUT2D eigenvalue weighted by Crippen LogP contribution is -2.50. The summed E-state index contributed by atoms with van der Waals surface area (Å²) >= 11 is 0. The van der Waals surface area contributed by atoms with E-state index in [0.29, 0.717) is 0 Å². The Kier molecular flexibility index (Phi) is 7.52. The van der Waals surface area contributed by atoms with Crippen LogP contribution in [0.15, 0.2) is 18.2 Å². The number of carbonyl (C=O) groups is 1. The maximum absolute atomic E-state index is 12.6. The summed E-state index contributed by atoms with van der Waals surface area (Å²) in [6, 6.07) is 6.38. The summed E-state index contributed by atoms with van der Waals surface area (Å²) in [7, 11) is 0. The van der Waals surface area contributed by atoms with E-state index in [4.69, 9.17) is 10.5 Å². The molecule has 0 bridgehead atoms. The van der Waals surface area contributed by atoms with E-state index < -0.39 is 0 Å². The molecular formula is C23H39N3O2. The highest BCUT2D eigenvalue weighted by molar-refractivity contribution is 5.78. The van der Waals surface area contributed by atoms with Crippen LogP contribution in [0, 0.1) is 0 Å². The standard InChI is InChI=1S/C23H39N3O2/c1-22(2,3)18-8-9-20(19(16-18)23(4,5)6)28-17-21(27)26-14-12-25(13-15-26)11-7-10-24/h8-9,16H,7,10-15,17,24H2,1-6H3. The van der Waals surface area contributed by atoms with Crippen LogP contribution in [0.2, 0.25) is 0 Å². The minimum absolute atomic E-state index is 0.0474. The van der Waals surface area contributed by atoms with Crippen molar-refractivity contribution in [1.29, 1.82) is 0 Å². The molecule has 0 aliphatic carbocycles. The van der Waals surface area contributed by atoms with E-state index in [0.717, 1.165) is 57.0 Å². The maximum Gasteiger partial charge on any atom is 0.260 e. The summed E-state index contributed by atoms with van der Waals surface area (Å²) in [4.78, 5) is 16.9. The van der Waals surface area contributed by atoms with Gasteiger partial charge >= 0.3 is 0 Å². The molecule has 1 aliphatic rings. The van der Waals surface area contributed by atoms with E-state index >= 15 is 0 Å². The number of nitrogens with zero attached hydrogens (tertiary/aromatic N) is 2. The first-order valence-electron chi connectivity index (χ1n) is 10.5. The molecule has 0 aromatic heterocycles. The molecule has 28 heavy (non-hydrogen) atoms. The van der Waals surface area contributed by atoms with Gasteiger partial charge in [-0.1, -0.05) is 53.7 Å². The molecule has 2 rings (SSSR count). The van der Waals surface area contributed by atoms with Gasteiger partial charge in [-0.05, 0) is 47.5 Å². The number of rotatable bonds is 6. The van der Waals surface area contributed by atoms with Gasteiger partial charge in [-0.15, -0.1) is 0 Å². The second-order valence-electron chi connectivity index (χ2n) is 9.86. The first kappa shape index (κ1) is 22.7. The van der Waals surface area contributed by atoms with Crippen LogP contribution in [0.1, 0.15) is 59.1 Å². The fourth-order valence-electron chi connectivity index (χ4n) is 3.48. The van der Waals surface area contributed by atoms with Crippen LogP contribution in [0.5, 0.6) is 5.75 Å². The molecule has 1 amide bonds. The molecule has 0 radical (unpaired) electrons. The Hall–Kier alpha value is -1.59. The highest BCUT2D eigenvalue weighted by atomic mass is 16.5. The van der Waals surface area contributed by atoms with Gasteiger partial charge in [0.1, 0.15) is 5.75 Å². The zero-order valence-corrected chi connectivity index (χ0v) is 18.7. The van der Waals surface area contributed by atoms with Gasteiger partial charge in [0.25, 0.3) is 5.91 Å². The molecule has 1 heterocycles. The van der Waals surface area contributed by atoms with Crippen molar-refractivity contribution in [2.75, 3.05) is 45.9 Å². The lowest BCUT2D eigenvalue weighted by Gasteiger charge is -2.34. The number of amides is 1. The molecule has 0 atom stereocenters. The van der Waals surface area contributed by atoms with E-state index in [1.807, 2.05) is 11.0 Å². The van der Waals surface area contributed by atoms with E-state index in [1.54, 1.807) is 0 Å². The van der Waals surface area contributed by atoms with Crippen molar-refractivity contribution in [2.24, 2.45) is 5.73 Å². The van der Waals surface area contributed by atoms with E-state index in [-0.39, 0.29) is 23.3 Å². The average molecular weight is 390 g/mol. The third-order valence-electron chi connectivity index (χ3n) is 5.41. The van der Waals surface area contributed by atoms with Gasteiger partial charge in [0.15, 0.2) is 6.61 Å². The van der Waals surface area contributed by atoms with Gasteiger partial charge in [0.05, 0.1) is 0 Å². The van der Waals surface area contributed by atoms with Gasteiger partial charge in [0.2, 0.25) is 0 Å². The first-order valence-corrected chi connectivity index (χ1v) is 10.5. The molecule has 0 saturated carbocycles. The highest BCUT2D eigenvalue weighted by Gasteiger charge is 2.25. The van der Waals surface area contributed by atoms with Crippen LogP contribution in [-0.4, -0.2) is 61.6 Å². The largest absolute Gasteiger partial charge is 0.483 e. The van der Waals surface area contributed by atoms with Crippen molar-refractivity contribution in [3.05, 3.63) is 29.3 Å². The van der Waals surface area contributed by atoms with Crippen LogP contribution in [0.3, 0.4) is 0 Å². The lowest BCUT2D eigenvalue weighted by atomic mass is 9.80. The van der Waals surface area contributed by atoms with Crippen LogP contribution >= 0.6 is 0 Å². The highest BCUT2D eigenvalue weighted by Crippen LogP contribution is 2.35. The van der Waals surface area contributed by atoms with Crippen LogP contribution in [-0.2, 0) is 15.6 Å². The minimum atomic E-state index is -0.0474. The molecule has 1 aromatic carbocycles. The van der Waals surface area contributed by atoms with Gasteiger partial charge < -0.3 is 15.4 Å². The summed E-state index contributed by atoms with van der Waals surface area (Å²) in [6.07, 6.45) is 1.01. The van der Waals surface area contributed by atoms with Crippen LogP contribution in [0.4, 0.5) is 0 Å². The normalized spacial score (nSPS) is 16.3. The van der Waals surface area contributed by atoms with Gasteiger partial charge in [-0.2, -0.15) is 0 Å². The molecule has 1 aliphatic heterocycles. The van der Waals surface area contributed by atoms with Crippen LogP contribution in [0.25, 0.3) is 0 Å². The number of hydrogen-bond donors (Lipinski definition) is 1. The number of nitrogens with two attached hydrogens (primary N) is 1. The molecule has 1 aromatic rings. The van der Waals surface area contributed by atoms with Gasteiger partial charge in [-0.25, -0.2) is 0 Å². The van der Waals surface area contributed by atoms with Crippen LogP contribution < -0.4 is 10.5 Å². The summed E-state index contributed by atoms with van der Waals surface area (Å²) in [5.74, 6) is 0.883. The third kappa shape index (κ3) is 6.21. The topological polar surface area (TPSA) is 58.8 Å². The Balaban J connectivity index is 1.99. The predicted octanol–water partition coefficient (Wildman–Crippen LogP) is 3.15. The predicted molar refractivity (Wildman–Crippen MR) is 116 cm³/mol. The zero-order valence-electron chi connectivity index (χ0n) is 18.7. The smallest absolute Gasteiger partial charge is 0.260 e. The molecule has 158 valence electrons. The van der Waals surface area contributed by atoms with Gasteiger partial charge in [-0.3, -0.25) is 9.69 Å². The molecule has 2 N–H and O–H groups in total. The molecular weight excluding hydrogens is 350 g/mol. The molecule has 1 saturated heterocycles. The SMILES string of the molecule is CC(C)(C)c1ccc(OCC(=O)N2CCN(CCCN)CC2)c(C(C)(C)C)c1. The quantitative estimate of drug-likeness (QED) is 0.812. The van der Waals surface area contributed by atoms with Gasteiger partial charge in [0, 0.05) is 26.2 Å². The summed E-state index contributed by atoms with van der Waals surface area (Å²) < 4.78 is 6.02. The van der Waals surface area contributed by atoms with E-state index in [1.165, 1.54) is 5.56 Å². The van der Waals surface area contributed by atoms with Crippen molar-refractivity contribution >= 4 is 5.91 Å². The van der Waals surface area contributed by atoms with Crippen molar-refractivity contribution < 1.29 is 9.53 Å². The number of ether oxygens (including phenoxy) is 1. The Morgan fingerprint density at radius 1 is 1.04 bits per heavy atom. The fraction of sp³-hybridized carbons (Fsp3) is 0.696. The minimum Gasteiger partial charge on any atom is -0.483 e. The third-order valence-corrected chi connectivity index (χ3v) is 5.41. The Morgan fingerprint density at radius 3 is 2.21 bits per heavy atom. The van der Waals surface area contributed by atoms with Crippen molar-refractivity contribution in [3.63, 3.8) is 0 Å². The molecule has 5 nitrogen and oxygen atoms in total. The van der Waals surface area contributed by atoms with Crippen molar-refractivity contribution in [3.8, 4) is 5.75 Å². The summed E-state index contributed by atoms with van der Waals surface area (Å²) in [5, 5.41) is 0. The molecule has 0 unspecified atom stereocenters.